The molecule has 1 aromatic heterocycles. The van der Waals surface area contributed by atoms with Crippen molar-refractivity contribution in [3.05, 3.63) is 29.8 Å². The number of aromatic nitrogens is 2. The minimum Gasteiger partial charge on any atom is -0.481 e. The number of carboxylic acid groups (broad SMARTS) is 1. The number of imidazole rings is 1. The van der Waals surface area contributed by atoms with Gasteiger partial charge < -0.3 is 9.67 Å². The van der Waals surface area contributed by atoms with Crippen molar-refractivity contribution in [2.45, 2.75) is 33.1 Å². The van der Waals surface area contributed by atoms with Crippen LogP contribution in [0.25, 0.3) is 11.0 Å². The number of aryl methyl sites for hydroxylation is 1. The van der Waals surface area contributed by atoms with Crippen molar-refractivity contribution in [2.24, 2.45) is 12.5 Å². The van der Waals surface area contributed by atoms with Gasteiger partial charge in [0, 0.05) is 13.5 Å². The summed E-state index contributed by atoms with van der Waals surface area (Å²) in [4.78, 5) is 15.9. The Labute approximate surface area is 117 Å². The van der Waals surface area contributed by atoms with Crippen LogP contribution >= 0.6 is 0 Å². The van der Waals surface area contributed by atoms with Gasteiger partial charge in [-0.2, -0.15) is 0 Å². The molecule has 20 heavy (non-hydrogen) atoms. The van der Waals surface area contributed by atoms with Crippen molar-refractivity contribution in [1.29, 1.82) is 0 Å². The highest BCUT2D eigenvalue weighted by atomic mass is 19.1. The fourth-order valence-electron chi connectivity index (χ4n) is 2.57. The molecule has 0 bridgehead atoms. The Morgan fingerprint density at radius 2 is 2.05 bits per heavy atom. The second-order valence-electron chi connectivity index (χ2n) is 5.16. The third-order valence-corrected chi connectivity index (χ3v) is 4.26. The third-order valence-electron chi connectivity index (χ3n) is 4.26. The first kappa shape index (κ1) is 14.5. The molecule has 0 saturated carbocycles. The summed E-state index contributed by atoms with van der Waals surface area (Å²) in [6.07, 6.45) is 1.34. The van der Waals surface area contributed by atoms with E-state index in [-0.39, 0.29) is 5.82 Å². The van der Waals surface area contributed by atoms with Crippen molar-refractivity contribution in [1.82, 2.24) is 9.55 Å². The molecule has 0 saturated heterocycles. The van der Waals surface area contributed by atoms with Crippen molar-refractivity contribution in [3.8, 4) is 0 Å². The Morgan fingerprint density at radius 3 is 2.55 bits per heavy atom. The quantitative estimate of drug-likeness (QED) is 0.914. The molecule has 0 aliphatic carbocycles. The van der Waals surface area contributed by atoms with Crippen molar-refractivity contribution in [3.63, 3.8) is 0 Å². The van der Waals surface area contributed by atoms with Crippen LogP contribution in [0.2, 0.25) is 0 Å². The maximum Gasteiger partial charge on any atom is 0.310 e. The first-order valence-electron chi connectivity index (χ1n) is 6.78. The molecule has 0 amide bonds. The summed E-state index contributed by atoms with van der Waals surface area (Å²) in [5, 5.41) is 9.49. The van der Waals surface area contributed by atoms with Crippen molar-refractivity contribution >= 4 is 17.0 Å². The number of hydrogen-bond acceptors (Lipinski definition) is 2. The zero-order chi connectivity index (χ0) is 14.9. The lowest BCUT2D eigenvalue weighted by Gasteiger charge is -2.26. The molecule has 1 N–H and O–H groups in total. The number of aliphatic carboxylic acids is 1. The Kier molecular flexibility index (Phi) is 3.79. The van der Waals surface area contributed by atoms with Crippen LogP contribution in [0, 0.1) is 11.2 Å². The molecule has 108 valence electrons. The normalized spacial score (nSPS) is 12.0. The summed E-state index contributed by atoms with van der Waals surface area (Å²) in [6.45, 7) is 3.72. The zero-order valence-electron chi connectivity index (χ0n) is 12.0. The Hall–Kier alpha value is -1.91. The SMILES string of the molecule is CCC(CC)(Cc1nc2c(F)cccc2n1C)C(=O)O. The molecule has 4 nitrogen and oxygen atoms in total. The van der Waals surface area contributed by atoms with Gasteiger partial charge in [-0.15, -0.1) is 0 Å². The number of benzene rings is 1. The highest BCUT2D eigenvalue weighted by molar-refractivity contribution is 5.78. The van der Waals surface area contributed by atoms with E-state index in [2.05, 4.69) is 4.98 Å². The van der Waals surface area contributed by atoms with E-state index in [9.17, 15) is 14.3 Å². The molecule has 0 aliphatic heterocycles. The Morgan fingerprint density at radius 1 is 1.40 bits per heavy atom. The Balaban J connectivity index is 2.51. The Bertz CT molecular complexity index is 645. The number of fused-ring (bicyclic) bond motifs is 1. The van der Waals surface area contributed by atoms with Gasteiger partial charge in [-0.1, -0.05) is 19.9 Å². The fraction of sp³-hybridized carbons (Fsp3) is 0.467. The number of para-hydroxylation sites is 1. The van der Waals surface area contributed by atoms with Crippen LogP contribution in [-0.2, 0) is 18.3 Å². The van der Waals surface area contributed by atoms with Gasteiger partial charge >= 0.3 is 5.97 Å². The van der Waals surface area contributed by atoms with Gasteiger partial charge in [-0.3, -0.25) is 4.79 Å². The lowest BCUT2D eigenvalue weighted by molar-refractivity contribution is -0.149. The zero-order valence-corrected chi connectivity index (χ0v) is 12.0. The third kappa shape index (κ3) is 2.17. The molecule has 0 atom stereocenters. The van der Waals surface area contributed by atoms with Crippen LogP contribution in [0.1, 0.15) is 32.5 Å². The molecule has 1 aromatic carbocycles. The molecule has 1 heterocycles. The molecule has 0 spiro atoms. The average Bonchev–Trinajstić information content (AvgIpc) is 2.74. The largest absolute Gasteiger partial charge is 0.481 e. The van der Waals surface area contributed by atoms with Gasteiger partial charge in [-0.05, 0) is 25.0 Å². The second-order valence-corrected chi connectivity index (χ2v) is 5.16. The van der Waals surface area contributed by atoms with E-state index >= 15 is 0 Å². The van der Waals surface area contributed by atoms with Crippen LogP contribution in [0.4, 0.5) is 4.39 Å². The van der Waals surface area contributed by atoms with E-state index in [0.29, 0.717) is 36.1 Å². The van der Waals surface area contributed by atoms with E-state index < -0.39 is 11.4 Å². The number of hydrogen-bond donors (Lipinski definition) is 1. The summed E-state index contributed by atoms with van der Waals surface area (Å²) >= 11 is 0. The van der Waals surface area contributed by atoms with E-state index in [4.69, 9.17) is 0 Å². The lowest BCUT2D eigenvalue weighted by Crippen LogP contribution is -2.33. The van der Waals surface area contributed by atoms with Gasteiger partial charge in [0.1, 0.15) is 11.3 Å². The highest BCUT2D eigenvalue weighted by Gasteiger charge is 2.36. The summed E-state index contributed by atoms with van der Waals surface area (Å²) in [5.74, 6) is -0.593. The second kappa shape index (κ2) is 5.23. The summed E-state index contributed by atoms with van der Waals surface area (Å²) in [5.41, 5.74) is 0.147. The van der Waals surface area contributed by atoms with Crippen LogP contribution in [0.15, 0.2) is 18.2 Å². The number of rotatable bonds is 5. The van der Waals surface area contributed by atoms with E-state index in [1.807, 2.05) is 13.8 Å². The molecule has 0 unspecified atom stereocenters. The van der Waals surface area contributed by atoms with E-state index in [1.165, 1.54) is 6.07 Å². The van der Waals surface area contributed by atoms with E-state index in [1.54, 1.807) is 23.7 Å². The molecule has 2 aromatic rings. The highest BCUT2D eigenvalue weighted by Crippen LogP contribution is 2.32. The predicted molar refractivity (Wildman–Crippen MR) is 75.0 cm³/mol. The molecule has 0 radical (unpaired) electrons. The number of halogens is 1. The maximum absolute atomic E-state index is 13.7. The standard InChI is InChI=1S/C15H19FN2O2/c1-4-15(5-2,14(19)20)9-12-17-13-10(16)7-6-8-11(13)18(12)3/h6-8H,4-5,9H2,1-3H3,(H,19,20). The van der Waals surface area contributed by atoms with Gasteiger partial charge in [0.2, 0.25) is 0 Å². The number of nitrogens with zero attached hydrogens (tertiary/aromatic N) is 2. The molecular weight excluding hydrogens is 259 g/mol. The monoisotopic (exact) mass is 278 g/mol. The molecule has 5 heteroatoms. The molecule has 0 fully saturated rings. The van der Waals surface area contributed by atoms with Crippen molar-refractivity contribution < 1.29 is 14.3 Å². The summed E-state index contributed by atoms with van der Waals surface area (Å²) in [6, 6.07) is 4.78. The minimum absolute atomic E-state index is 0.302. The molecular formula is C15H19FN2O2. The van der Waals surface area contributed by atoms with Crippen LogP contribution in [-0.4, -0.2) is 20.6 Å². The first-order chi connectivity index (χ1) is 9.45. The van der Waals surface area contributed by atoms with Crippen LogP contribution < -0.4 is 0 Å². The summed E-state index contributed by atoms with van der Waals surface area (Å²) < 4.78 is 15.5. The van der Waals surface area contributed by atoms with Crippen LogP contribution in [0.3, 0.4) is 0 Å². The maximum atomic E-state index is 13.7. The van der Waals surface area contributed by atoms with Gasteiger partial charge in [0.15, 0.2) is 5.82 Å². The predicted octanol–water partition coefficient (Wildman–Crippen LogP) is 3.15. The van der Waals surface area contributed by atoms with Gasteiger partial charge in [0.05, 0.1) is 10.9 Å². The fourth-order valence-corrected chi connectivity index (χ4v) is 2.57. The van der Waals surface area contributed by atoms with Gasteiger partial charge in [-0.25, -0.2) is 9.37 Å². The topological polar surface area (TPSA) is 55.1 Å². The lowest BCUT2D eigenvalue weighted by atomic mass is 9.79. The smallest absolute Gasteiger partial charge is 0.310 e. The van der Waals surface area contributed by atoms with E-state index in [0.717, 1.165) is 0 Å². The van der Waals surface area contributed by atoms with Crippen LogP contribution in [0.5, 0.6) is 0 Å². The molecule has 0 aliphatic rings. The molecule has 2 rings (SSSR count). The van der Waals surface area contributed by atoms with Gasteiger partial charge in [0.25, 0.3) is 0 Å². The minimum atomic E-state index is -0.842. The number of carboxylic acids is 1. The number of carbonyl (C=O) groups is 1. The summed E-state index contributed by atoms with van der Waals surface area (Å²) in [7, 11) is 1.79. The first-order valence-corrected chi connectivity index (χ1v) is 6.78. The van der Waals surface area contributed by atoms with Crippen molar-refractivity contribution in [2.75, 3.05) is 0 Å². The average molecular weight is 278 g/mol.